The van der Waals surface area contributed by atoms with Gasteiger partial charge in [-0.05, 0) is 32.2 Å². The molecule has 4 heteroatoms. The van der Waals surface area contributed by atoms with Gasteiger partial charge in [-0.3, -0.25) is 4.79 Å². The predicted octanol–water partition coefficient (Wildman–Crippen LogP) is 0.548. The molecule has 2 fully saturated rings. The molecule has 1 heterocycles. The second-order valence-electron chi connectivity index (χ2n) is 4.97. The molecule has 0 aromatic heterocycles. The van der Waals surface area contributed by atoms with Crippen LogP contribution in [0.5, 0.6) is 0 Å². The van der Waals surface area contributed by atoms with Crippen LogP contribution in [0.25, 0.3) is 0 Å². The topological polar surface area (TPSA) is 61.4 Å². The minimum atomic E-state index is -0.346. The summed E-state index contributed by atoms with van der Waals surface area (Å²) in [5.41, 5.74) is 0. The van der Waals surface area contributed by atoms with Crippen molar-refractivity contribution in [3.63, 3.8) is 0 Å². The molecule has 1 aliphatic carbocycles. The highest BCUT2D eigenvalue weighted by molar-refractivity contribution is 5.82. The molecule has 2 unspecified atom stereocenters. The summed E-state index contributed by atoms with van der Waals surface area (Å²) in [4.78, 5) is 11.9. The fourth-order valence-electron chi connectivity index (χ4n) is 2.64. The molecule has 1 saturated carbocycles. The number of aliphatic hydroxyl groups is 1. The minimum absolute atomic E-state index is 0.0232. The highest BCUT2D eigenvalue weighted by atomic mass is 16.3. The Labute approximate surface area is 96.8 Å². The molecule has 0 aromatic carbocycles. The normalized spacial score (nSPS) is 35.7. The van der Waals surface area contributed by atoms with Crippen LogP contribution in [-0.4, -0.2) is 35.7 Å². The van der Waals surface area contributed by atoms with Crippen molar-refractivity contribution in [3.8, 4) is 0 Å². The standard InChI is InChI=1S/C12H22N2O2/c15-11-7-2-1-5-9(11)14-12(16)10-6-3-4-8-13-10/h9-11,13,15H,1-8H2,(H,14,16)/t9?,10-,11?/m1/s1. The van der Waals surface area contributed by atoms with Crippen molar-refractivity contribution in [1.29, 1.82) is 0 Å². The van der Waals surface area contributed by atoms with Gasteiger partial charge in [-0.1, -0.05) is 19.3 Å². The van der Waals surface area contributed by atoms with Crippen molar-refractivity contribution < 1.29 is 9.90 Å². The Morgan fingerprint density at radius 3 is 2.56 bits per heavy atom. The molecule has 3 N–H and O–H groups in total. The molecule has 0 radical (unpaired) electrons. The summed E-state index contributed by atoms with van der Waals surface area (Å²) in [5.74, 6) is 0.0747. The summed E-state index contributed by atoms with van der Waals surface area (Å²) in [5, 5.41) is 16.0. The van der Waals surface area contributed by atoms with Gasteiger partial charge in [0.2, 0.25) is 5.91 Å². The van der Waals surface area contributed by atoms with Gasteiger partial charge in [0, 0.05) is 0 Å². The lowest BCUT2D eigenvalue weighted by molar-refractivity contribution is -0.125. The zero-order valence-electron chi connectivity index (χ0n) is 9.74. The zero-order valence-corrected chi connectivity index (χ0v) is 9.74. The molecule has 0 aromatic rings. The second-order valence-corrected chi connectivity index (χ2v) is 4.97. The smallest absolute Gasteiger partial charge is 0.237 e. The van der Waals surface area contributed by atoms with E-state index in [4.69, 9.17) is 0 Å². The van der Waals surface area contributed by atoms with Gasteiger partial charge in [0.1, 0.15) is 0 Å². The quantitative estimate of drug-likeness (QED) is 0.644. The summed E-state index contributed by atoms with van der Waals surface area (Å²) in [6.45, 7) is 0.936. The largest absolute Gasteiger partial charge is 0.391 e. The first-order valence-electron chi connectivity index (χ1n) is 6.49. The third kappa shape index (κ3) is 2.95. The number of amides is 1. The highest BCUT2D eigenvalue weighted by Crippen LogP contribution is 2.18. The highest BCUT2D eigenvalue weighted by Gasteiger charge is 2.28. The first-order chi connectivity index (χ1) is 7.77. The Morgan fingerprint density at radius 2 is 1.88 bits per heavy atom. The summed E-state index contributed by atoms with van der Waals surface area (Å²) in [6.07, 6.45) is 6.79. The number of rotatable bonds is 2. The van der Waals surface area contributed by atoms with Crippen LogP contribution < -0.4 is 10.6 Å². The first-order valence-corrected chi connectivity index (χ1v) is 6.49. The van der Waals surface area contributed by atoms with Gasteiger partial charge in [0.05, 0.1) is 18.2 Å². The maximum absolute atomic E-state index is 11.9. The molecular formula is C12H22N2O2. The third-order valence-electron chi connectivity index (χ3n) is 3.68. The van der Waals surface area contributed by atoms with Crippen LogP contribution in [0.4, 0.5) is 0 Å². The Balaban J connectivity index is 1.80. The van der Waals surface area contributed by atoms with E-state index in [0.717, 1.165) is 51.5 Å². The van der Waals surface area contributed by atoms with E-state index in [1.807, 2.05) is 0 Å². The Bertz CT molecular complexity index is 239. The maximum Gasteiger partial charge on any atom is 0.237 e. The van der Waals surface area contributed by atoms with Crippen LogP contribution in [0.15, 0.2) is 0 Å². The lowest BCUT2D eigenvalue weighted by Crippen LogP contribution is -2.53. The fourth-order valence-corrected chi connectivity index (χ4v) is 2.64. The van der Waals surface area contributed by atoms with E-state index in [0.29, 0.717) is 0 Å². The van der Waals surface area contributed by atoms with Crippen LogP contribution in [-0.2, 0) is 4.79 Å². The van der Waals surface area contributed by atoms with Crippen molar-refractivity contribution in [3.05, 3.63) is 0 Å². The van der Waals surface area contributed by atoms with Crippen molar-refractivity contribution in [1.82, 2.24) is 10.6 Å². The molecular weight excluding hydrogens is 204 g/mol. The summed E-state index contributed by atoms with van der Waals surface area (Å²) in [7, 11) is 0. The van der Waals surface area contributed by atoms with Gasteiger partial charge in [0.25, 0.3) is 0 Å². The summed E-state index contributed by atoms with van der Waals surface area (Å²) in [6, 6.07) is -0.0622. The maximum atomic E-state index is 11.9. The molecule has 1 amide bonds. The van der Waals surface area contributed by atoms with Crippen LogP contribution >= 0.6 is 0 Å². The first kappa shape index (κ1) is 11.9. The average molecular weight is 226 g/mol. The van der Waals surface area contributed by atoms with Crippen LogP contribution in [0, 0.1) is 0 Å². The van der Waals surface area contributed by atoms with Crippen molar-refractivity contribution in [2.75, 3.05) is 6.54 Å². The van der Waals surface area contributed by atoms with Gasteiger partial charge in [-0.2, -0.15) is 0 Å². The molecule has 1 saturated heterocycles. The Morgan fingerprint density at radius 1 is 1.12 bits per heavy atom. The van der Waals surface area contributed by atoms with Gasteiger partial charge < -0.3 is 15.7 Å². The zero-order chi connectivity index (χ0) is 11.4. The Hall–Kier alpha value is -0.610. The molecule has 92 valence electrons. The SMILES string of the molecule is O=C(NC1CCCCC1O)[C@H]1CCCCN1. The molecule has 4 nitrogen and oxygen atoms in total. The van der Waals surface area contributed by atoms with E-state index in [1.165, 1.54) is 0 Å². The summed E-state index contributed by atoms with van der Waals surface area (Å²) >= 11 is 0. The van der Waals surface area contributed by atoms with E-state index in [2.05, 4.69) is 10.6 Å². The average Bonchev–Trinajstić information content (AvgIpc) is 2.33. The van der Waals surface area contributed by atoms with E-state index in [-0.39, 0.29) is 24.1 Å². The molecule has 16 heavy (non-hydrogen) atoms. The van der Waals surface area contributed by atoms with E-state index in [1.54, 1.807) is 0 Å². The lowest BCUT2D eigenvalue weighted by atomic mass is 9.92. The molecule has 3 atom stereocenters. The second kappa shape index (κ2) is 5.64. The molecule has 2 aliphatic rings. The van der Waals surface area contributed by atoms with Crippen LogP contribution in [0.3, 0.4) is 0 Å². The van der Waals surface area contributed by atoms with Gasteiger partial charge >= 0.3 is 0 Å². The van der Waals surface area contributed by atoms with E-state index < -0.39 is 0 Å². The number of hydrogen-bond donors (Lipinski definition) is 3. The van der Waals surface area contributed by atoms with Crippen molar-refractivity contribution in [2.45, 2.75) is 63.1 Å². The van der Waals surface area contributed by atoms with Gasteiger partial charge in [0.15, 0.2) is 0 Å². The van der Waals surface area contributed by atoms with Crippen molar-refractivity contribution in [2.24, 2.45) is 0 Å². The molecule has 2 rings (SSSR count). The number of hydrogen-bond acceptors (Lipinski definition) is 3. The predicted molar refractivity (Wildman–Crippen MR) is 62.0 cm³/mol. The number of carbonyl (C=O) groups excluding carboxylic acids is 1. The number of aliphatic hydroxyl groups excluding tert-OH is 1. The molecule has 0 spiro atoms. The van der Waals surface area contributed by atoms with Gasteiger partial charge in [-0.15, -0.1) is 0 Å². The number of nitrogens with one attached hydrogen (secondary N) is 2. The summed E-state index contributed by atoms with van der Waals surface area (Å²) < 4.78 is 0. The monoisotopic (exact) mass is 226 g/mol. The number of carbonyl (C=O) groups is 1. The van der Waals surface area contributed by atoms with Crippen LogP contribution in [0.2, 0.25) is 0 Å². The van der Waals surface area contributed by atoms with E-state index in [9.17, 15) is 9.90 Å². The minimum Gasteiger partial charge on any atom is -0.391 e. The lowest BCUT2D eigenvalue weighted by Gasteiger charge is -2.31. The Kier molecular flexibility index (Phi) is 4.18. The van der Waals surface area contributed by atoms with Crippen molar-refractivity contribution >= 4 is 5.91 Å². The van der Waals surface area contributed by atoms with Gasteiger partial charge in [-0.25, -0.2) is 0 Å². The number of piperidine rings is 1. The molecule has 0 bridgehead atoms. The fraction of sp³-hybridized carbons (Fsp3) is 0.917. The molecule has 1 aliphatic heterocycles. The third-order valence-corrected chi connectivity index (χ3v) is 3.68. The van der Waals surface area contributed by atoms with Crippen LogP contribution in [0.1, 0.15) is 44.9 Å². The van der Waals surface area contributed by atoms with E-state index >= 15 is 0 Å².